The third kappa shape index (κ3) is 3.74. The molecule has 2 atom stereocenters. The van der Waals surface area contributed by atoms with E-state index in [1.807, 2.05) is 6.92 Å². The van der Waals surface area contributed by atoms with Gasteiger partial charge in [-0.15, -0.1) is 0 Å². The van der Waals surface area contributed by atoms with Crippen LogP contribution in [0.4, 0.5) is 0 Å². The molecular weight excluding hydrogens is 190 g/mol. The van der Waals surface area contributed by atoms with Crippen molar-refractivity contribution in [1.29, 1.82) is 0 Å². The van der Waals surface area contributed by atoms with Gasteiger partial charge >= 0.3 is 0 Å². The van der Waals surface area contributed by atoms with Crippen LogP contribution in [0.5, 0.6) is 0 Å². The average molecular weight is 215 g/mol. The summed E-state index contributed by atoms with van der Waals surface area (Å²) in [6, 6.07) is 0. The highest BCUT2D eigenvalue weighted by Gasteiger charge is 2.31. The number of aliphatic hydroxyl groups excluding tert-OH is 1. The number of rotatable bonds is 5. The van der Waals surface area contributed by atoms with E-state index in [9.17, 15) is 5.11 Å². The highest BCUT2D eigenvalue weighted by molar-refractivity contribution is 4.84. The second kappa shape index (κ2) is 5.28. The first-order chi connectivity index (χ1) is 6.95. The summed E-state index contributed by atoms with van der Waals surface area (Å²) in [5, 5.41) is 19.0. The van der Waals surface area contributed by atoms with Crippen LogP contribution in [0.25, 0.3) is 0 Å². The second-order valence-electron chi connectivity index (χ2n) is 5.41. The molecule has 0 aromatic heterocycles. The van der Waals surface area contributed by atoms with Gasteiger partial charge in [0.2, 0.25) is 0 Å². The maximum Gasteiger partial charge on any atom is 0.0768 e. The number of hydrogen-bond donors (Lipinski definition) is 2. The molecule has 1 saturated heterocycles. The summed E-state index contributed by atoms with van der Waals surface area (Å²) < 4.78 is 0. The van der Waals surface area contributed by atoms with Gasteiger partial charge in [0.05, 0.1) is 5.60 Å². The van der Waals surface area contributed by atoms with E-state index >= 15 is 0 Å². The average Bonchev–Trinajstić information content (AvgIpc) is 2.52. The molecule has 2 unspecified atom stereocenters. The molecule has 1 aliphatic heterocycles. The van der Waals surface area contributed by atoms with Crippen molar-refractivity contribution >= 4 is 0 Å². The first-order valence-electron chi connectivity index (χ1n) is 6.01. The molecule has 0 aliphatic carbocycles. The molecule has 3 heteroatoms. The summed E-state index contributed by atoms with van der Waals surface area (Å²) in [6.45, 7) is 9.17. The Morgan fingerprint density at radius 3 is 2.67 bits per heavy atom. The molecule has 15 heavy (non-hydrogen) atoms. The lowest BCUT2D eigenvalue weighted by Crippen LogP contribution is -2.43. The monoisotopic (exact) mass is 215 g/mol. The quantitative estimate of drug-likeness (QED) is 0.722. The van der Waals surface area contributed by atoms with Crippen LogP contribution >= 0.6 is 0 Å². The second-order valence-corrected chi connectivity index (χ2v) is 5.41. The summed E-state index contributed by atoms with van der Waals surface area (Å²) in [5.74, 6) is 0.910. The minimum Gasteiger partial charge on any atom is -0.396 e. The van der Waals surface area contributed by atoms with Crippen molar-refractivity contribution in [3.05, 3.63) is 0 Å². The number of nitrogens with zero attached hydrogens (tertiary/aromatic N) is 1. The Morgan fingerprint density at radius 1 is 1.47 bits per heavy atom. The van der Waals surface area contributed by atoms with Crippen molar-refractivity contribution < 1.29 is 10.2 Å². The highest BCUT2D eigenvalue weighted by atomic mass is 16.3. The van der Waals surface area contributed by atoms with E-state index in [-0.39, 0.29) is 5.92 Å². The Morgan fingerprint density at radius 2 is 2.13 bits per heavy atom. The van der Waals surface area contributed by atoms with E-state index in [2.05, 4.69) is 18.7 Å². The molecule has 1 aliphatic rings. The van der Waals surface area contributed by atoms with Crippen LogP contribution in [0.3, 0.4) is 0 Å². The molecular formula is C12H25NO2. The van der Waals surface area contributed by atoms with Crippen LogP contribution in [-0.4, -0.2) is 47.0 Å². The van der Waals surface area contributed by atoms with Gasteiger partial charge in [-0.2, -0.15) is 0 Å². The first-order valence-corrected chi connectivity index (χ1v) is 6.01. The third-order valence-corrected chi connectivity index (χ3v) is 3.69. The van der Waals surface area contributed by atoms with E-state index in [0.717, 1.165) is 32.5 Å². The zero-order chi connectivity index (χ0) is 11.5. The minimum absolute atomic E-state index is 0.286. The van der Waals surface area contributed by atoms with Crippen LogP contribution in [0.2, 0.25) is 0 Å². The predicted molar refractivity (Wildman–Crippen MR) is 61.7 cm³/mol. The Balaban J connectivity index is 2.35. The van der Waals surface area contributed by atoms with Crippen LogP contribution in [-0.2, 0) is 0 Å². The Hall–Kier alpha value is -0.120. The van der Waals surface area contributed by atoms with Crippen molar-refractivity contribution in [2.75, 3.05) is 26.2 Å². The maximum atomic E-state index is 10.2. The largest absolute Gasteiger partial charge is 0.396 e. The molecule has 90 valence electrons. The number of β-amino-alcohol motifs (C(OH)–C–C–N with tert-alkyl or cyclic N) is 1. The van der Waals surface area contributed by atoms with Gasteiger partial charge < -0.3 is 15.1 Å². The molecule has 1 heterocycles. The molecule has 0 radical (unpaired) electrons. The van der Waals surface area contributed by atoms with E-state index in [0.29, 0.717) is 12.5 Å². The minimum atomic E-state index is -0.589. The maximum absolute atomic E-state index is 10.2. The molecule has 0 bridgehead atoms. The third-order valence-electron chi connectivity index (χ3n) is 3.69. The SMILES string of the molecule is CC(C)C(C)(O)CN1CCC(CCO)C1. The zero-order valence-corrected chi connectivity index (χ0v) is 10.2. The van der Waals surface area contributed by atoms with E-state index in [1.54, 1.807) is 0 Å². The number of hydrogen-bond acceptors (Lipinski definition) is 3. The fourth-order valence-electron chi connectivity index (χ4n) is 2.11. The Bertz CT molecular complexity index is 192. The molecule has 0 aromatic rings. The van der Waals surface area contributed by atoms with Crippen LogP contribution in [0, 0.1) is 11.8 Å². The highest BCUT2D eigenvalue weighted by Crippen LogP contribution is 2.24. The smallest absolute Gasteiger partial charge is 0.0768 e. The van der Waals surface area contributed by atoms with Crippen molar-refractivity contribution in [3.63, 3.8) is 0 Å². The topological polar surface area (TPSA) is 43.7 Å². The van der Waals surface area contributed by atoms with Crippen molar-refractivity contribution in [2.45, 2.75) is 39.2 Å². The van der Waals surface area contributed by atoms with Gasteiger partial charge in [-0.1, -0.05) is 13.8 Å². The zero-order valence-electron chi connectivity index (χ0n) is 10.2. The fraction of sp³-hybridized carbons (Fsp3) is 1.00. The molecule has 0 amide bonds. The van der Waals surface area contributed by atoms with Crippen molar-refractivity contribution in [2.24, 2.45) is 11.8 Å². The summed E-state index contributed by atoms with van der Waals surface area (Å²) >= 11 is 0. The summed E-state index contributed by atoms with van der Waals surface area (Å²) in [6.07, 6.45) is 2.06. The van der Waals surface area contributed by atoms with E-state index in [1.165, 1.54) is 0 Å². The Kier molecular flexibility index (Phi) is 4.56. The van der Waals surface area contributed by atoms with E-state index in [4.69, 9.17) is 5.11 Å². The van der Waals surface area contributed by atoms with Gasteiger partial charge in [0.1, 0.15) is 0 Å². The summed E-state index contributed by atoms with van der Waals surface area (Å²) in [5.41, 5.74) is -0.589. The standard InChI is InChI=1S/C12H25NO2/c1-10(2)12(3,15)9-13-6-4-11(8-13)5-7-14/h10-11,14-15H,4-9H2,1-3H3. The number of aliphatic hydroxyl groups is 2. The van der Waals surface area contributed by atoms with Crippen LogP contribution < -0.4 is 0 Å². The molecule has 0 saturated carbocycles. The van der Waals surface area contributed by atoms with Gasteiger partial charge in [0, 0.05) is 19.7 Å². The van der Waals surface area contributed by atoms with Gasteiger partial charge in [0.15, 0.2) is 0 Å². The molecule has 0 aromatic carbocycles. The molecule has 2 N–H and O–H groups in total. The van der Waals surface area contributed by atoms with Gasteiger partial charge in [-0.05, 0) is 38.1 Å². The first kappa shape index (κ1) is 12.9. The van der Waals surface area contributed by atoms with Crippen molar-refractivity contribution in [3.8, 4) is 0 Å². The molecule has 1 rings (SSSR count). The fourth-order valence-corrected chi connectivity index (χ4v) is 2.11. The lowest BCUT2D eigenvalue weighted by atomic mass is 9.92. The normalized spacial score (nSPS) is 27.2. The summed E-state index contributed by atoms with van der Waals surface area (Å²) in [4.78, 5) is 2.32. The van der Waals surface area contributed by atoms with Gasteiger partial charge in [-0.3, -0.25) is 0 Å². The van der Waals surface area contributed by atoms with Gasteiger partial charge in [0.25, 0.3) is 0 Å². The van der Waals surface area contributed by atoms with Gasteiger partial charge in [-0.25, -0.2) is 0 Å². The van der Waals surface area contributed by atoms with Crippen LogP contribution in [0.15, 0.2) is 0 Å². The lowest BCUT2D eigenvalue weighted by Gasteiger charge is -2.32. The van der Waals surface area contributed by atoms with Crippen LogP contribution in [0.1, 0.15) is 33.6 Å². The summed E-state index contributed by atoms with van der Waals surface area (Å²) in [7, 11) is 0. The van der Waals surface area contributed by atoms with E-state index < -0.39 is 5.60 Å². The molecule has 0 spiro atoms. The lowest BCUT2D eigenvalue weighted by molar-refractivity contribution is -0.0145. The Labute approximate surface area is 93.1 Å². The number of likely N-dealkylation sites (tertiary alicyclic amines) is 1. The molecule has 3 nitrogen and oxygen atoms in total. The molecule has 1 fully saturated rings. The van der Waals surface area contributed by atoms with Crippen molar-refractivity contribution in [1.82, 2.24) is 4.90 Å². The predicted octanol–water partition coefficient (Wildman–Crippen LogP) is 1.10.